The van der Waals surface area contributed by atoms with E-state index in [2.05, 4.69) is 33.0 Å². The van der Waals surface area contributed by atoms with Gasteiger partial charge in [-0.05, 0) is 27.2 Å². The van der Waals surface area contributed by atoms with Crippen LogP contribution in [0, 0.1) is 0 Å². The van der Waals surface area contributed by atoms with Crippen LogP contribution < -0.4 is 5.32 Å². The lowest BCUT2D eigenvalue weighted by molar-refractivity contribution is -0.119. The summed E-state index contributed by atoms with van der Waals surface area (Å²) in [5.74, 6) is 0.410. The van der Waals surface area contributed by atoms with Crippen molar-refractivity contribution in [3.63, 3.8) is 0 Å². The molecule has 0 fully saturated rings. The zero-order valence-electron chi connectivity index (χ0n) is 11.6. The van der Waals surface area contributed by atoms with Crippen LogP contribution in [0.5, 0.6) is 0 Å². The molecule has 0 amide bonds. The highest BCUT2D eigenvalue weighted by Gasteiger charge is 2.09. The van der Waals surface area contributed by atoms with Gasteiger partial charge in [-0.3, -0.25) is 4.79 Å². The largest absolute Gasteiger partial charge is 0.312 e. The molecule has 2 heteroatoms. The molecule has 0 atom stereocenters. The zero-order chi connectivity index (χ0) is 12.4. The van der Waals surface area contributed by atoms with E-state index in [4.69, 9.17) is 0 Å². The van der Waals surface area contributed by atoms with Crippen LogP contribution in [0.1, 0.15) is 72.6 Å². The van der Waals surface area contributed by atoms with Gasteiger partial charge in [-0.2, -0.15) is 0 Å². The third-order valence-corrected chi connectivity index (χ3v) is 2.62. The number of rotatable bonds is 9. The van der Waals surface area contributed by atoms with Gasteiger partial charge in [0.2, 0.25) is 0 Å². The SMILES string of the molecule is CCCCCCCC(=O)CCNC(C)(C)C. The van der Waals surface area contributed by atoms with Gasteiger partial charge in [-0.25, -0.2) is 0 Å². The number of unbranched alkanes of at least 4 members (excludes halogenated alkanes) is 4. The summed E-state index contributed by atoms with van der Waals surface area (Å²) in [5, 5.41) is 3.34. The molecule has 0 aliphatic rings. The summed E-state index contributed by atoms with van der Waals surface area (Å²) in [6.45, 7) is 9.41. The second-order valence-electron chi connectivity index (χ2n) is 5.63. The highest BCUT2D eigenvalue weighted by atomic mass is 16.1. The first-order valence-electron chi connectivity index (χ1n) is 6.72. The minimum absolute atomic E-state index is 0.126. The second-order valence-corrected chi connectivity index (χ2v) is 5.63. The second kappa shape index (κ2) is 8.74. The van der Waals surface area contributed by atoms with E-state index in [1.54, 1.807) is 0 Å². The van der Waals surface area contributed by atoms with Crippen LogP contribution in [0.3, 0.4) is 0 Å². The molecule has 2 nitrogen and oxygen atoms in total. The van der Waals surface area contributed by atoms with E-state index in [-0.39, 0.29) is 5.54 Å². The van der Waals surface area contributed by atoms with E-state index in [0.29, 0.717) is 12.2 Å². The van der Waals surface area contributed by atoms with E-state index in [1.807, 2.05) is 0 Å². The zero-order valence-corrected chi connectivity index (χ0v) is 11.6. The third-order valence-electron chi connectivity index (χ3n) is 2.62. The van der Waals surface area contributed by atoms with Crippen LogP contribution in [0.4, 0.5) is 0 Å². The fourth-order valence-corrected chi connectivity index (χ4v) is 1.63. The van der Waals surface area contributed by atoms with Crippen molar-refractivity contribution in [2.24, 2.45) is 0 Å². The Hall–Kier alpha value is -0.370. The summed E-state index contributed by atoms with van der Waals surface area (Å²) in [4.78, 5) is 11.5. The van der Waals surface area contributed by atoms with Crippen molar-refractivity contribution in [2.45, 2.75) is 78.2 Å². The normalized spacial score (nSPS) is 11.8. The molecule has 0 heterocycles. The summed E-state index contributed by atoms with van der Waals surface area (Å²) < 4.78 is 0. The molecule has 0 saturated carbocycles. The highest BCUT2D eigenvalue weighted by molar-refractivity contribution is 5.78. The number of carbonyl (C=O) groups is 1. The first-order valence-corrected chi connectivity index (χ1v) is 6.72. The number of nitrogens with one attached hydrogen (secondary N) is 1. The topological polar surface area (TPSA) is 29.1 Å². The molecule has 0 unspecified atom stereocenters. The van der Waals surface area contributed by atoms with Crippen molar-refractivity contribution in [2.75, 3.05) is 6.54 Å². The molecule has 0 rings (SSSR count). The lowest BCUT2D eigenvalue weighted by Crippen LogP contribution is -2.37. The quantitative estimate of drug-likeness (QED) is 0.609. The van der Waals surface area contributed by atoms with Crippen molar-refractivity contribution < 1.29 is 4.79 Å². The lowest BCUT2D eigenvalue weighted by Gasteiger charge is -2.20. The number of carbonyl (C=O) groups excluding carboxylic acids is 1. The molecule has 0 aliphatic heterocycles. The van der Waals surface area contributed by atoms with Crippen LogP contribution in [0.15, 0.2) is 0 Å². The Bertz CT molecular complexity index is 182. The predicted octanol–water partition coefficient (Wildman–Crippen LogP) is 3.69. The van der Waals surface area contributed by atoms with Gasteiger partial charge >= 0.3 is 0 Å². The fraction of sp³-hybridized carbons (Fsp3) is 0.929. The number of Topliss-reactive ketones (excluding diaryl/α,β-unsaturated/α-hetero) is 1. The average molecular weight is 227 g/mol. The molecule has 0 bridgehead atoms. The van der Waals surface area contributed by atoms with E-state index in [9.17, 15) is 4.79 Å². The maximum absolute atomic E-state index is 11.5. The summed E-state index contributed by atoms with van der Waals surface area (Å²) in [6, 6.07) is 0. The van der Waals surface area contributed by atoms with Crippen LogP contribution in [0.25, 0.3) is 0 Å². The first-order chi connectivity index (χ1) is 7.45. The molecule has 0 aliphatic carbocycles. The lowest BCUT2D eigenvalue weighted by atomic mass is 10.1. The summed E-state index contributed by atoms with van der Waals surface area (Å²) in [6.07, 6.45) is 7.61. The summed E-state index contributed by atoms with van der Waals surface area (Å²) >= 11 is 0. The molecule has 0 spiro atoms. The molecule has 0 radical (unpaired) electrons. The van der Waals surface area contributed by atoms with Crippen molar-refractivity contribution >= 4 is 5.78 Å². The van der Waals surface area contributed by atoms with E-state index < -0.39 is 0 Å². The van der Waals surface area contributed by atoms with Gasteiger partial charge in [0.15, 0.2) is 0 Å². The Morgan fingerprint density at radius 1 is 1.00 bits per heavy atom. The standard InChI is InChI=1S/C14H29NO/c1-5-6-7-8-9-10-13(16)11-12-15-14(2,3)4/h15H,5-12H2,1-4H3. The van der Waals surface area contributed by atoms with Crippen LogP contribution in [0.2, 0.25) is 0 Å². The molecule has 96 valence electrons. The minimum Gasteiger partial charge on any atom is -0.312 e. The molecule has 0 aromatic rings. The molecule has 0 saturated heterocycles. The van der Waals surface area contributed by atoms with Gasteiger partial charge in [-0.1, -0.05) is 32.6 Å². The molecular weight excluding hydrogens is 198 g/mol. The summed E-state index contributed by atoms with van der Waals surface area (Å²) in [7, 11) is 0. The third kappa shape index (κ3) is 11.7. The highest BCUT2D eigenvalue weighted by Crippen LogP contribution is 2.06. The maximum atomic E-state index is 11.5. The Balaban J connectivity index is 3.32. The van der Waals surface area contributed by atoms with Crippen LogP contribution in [-0.4, -0.2) is 17.9 Å². The monoisotopic (exact) mass is 227 g/mol. The van der Waals surface area contributed by atoms with Crippen LogP contribution in [-0.2, 0) is 4.79 Å². The van der Waals surface area contributed by atoms with Gasteiger partial charge in [-0.15, -0.1) is 0 Å². The average Bonchev–Trinajstić information content (AvgIpc) is 2.15. The first kappa shape index (κ1) is 15.6. The Morgan fingerprint density at radius 2 is 1.62 bits per heavy atom. The van der Waals surface area contributed by atoms with Crippen molar-refractivity contribution in [3.8, 4) is 0 Å². The van der Waals surface area contributed by atoms with Gasteiger partial charge in [0.05, 0.1) is 0 Å². The van der Waals surface area contributed by atoms with Gasteiger partial charge < -0.3 is 5.32 Å². The number of hydrogen-bond donors (Lipinski definition) is 1. The number of ketones is 1. The fourth-order valence-electron chi connectivity index (χ4n) is 1.63. The van der Waals surface area contributed by atoms with Gasteiger partial charge in [0, 0.05) is 24.9 Å². The van der Waals surface area contributed by atoms with Crippen LogP contribution >= 0.6 is 0 Å². The molecule has 16 heavy (non-hydrogen) atoms. The molecule has 1 N–H and O–H groups in total. The number of hydrogen-bond acceptors (Lipinski definition) is 2. The Morgan fingerprint density at radius 3 is 2.19 bits per heavy atom. The van der Waals surface area contributed by atoms with E-state index >= 15 is 0 Å². The van der Waals surface area contributed by atoms with Gasteiger partial charge in [0.25, 0.3) is 0 Å². The molecule has 0 aromatic heterocycles. The predicted molar refractivity (Wildman–Crippen MR) is 70.8 cm³/mol. The van der Waals surface area contributed by atoms with Crippen molar-refractivity contribution in [1.29, 1.82) is 0 Å². The Kier molecular flexibility index (Phi) is 8.54. The Labute approximate surface area is 101 Å². The minimum atomic E-state index is 0.126. The molecule has 0 aromatic carbocycles. The smallest absolute Gasteiger partial charge is 0.134 e. The van der Waals surface area contributed by atoms with E-state index in [0.717, 1.165) is 19.4 Å². The van der Waals surface area contributed by atoms with Crippen molar-refractivity contribution in [3.05, 3.63) is 0 Å². The van der Waals surface area contributed by atoms with Crippen molar-refractivity contribution in [1.82, 2.24) is 5.32 Å². The maximum Gasteiger partial charge on any atom is 0.134 e. The van der Waals surface area contributed by atoms with E-state index in [1.165, 1.54) is 25.7 Å². The van der Waals surface area contributed by atoms with Gasteiger partial charge in [0.1, 0.15) is 5.78 Å². The summed E-state index contributed by atoms with van der Waals surface area (Å²) in [5.41, 5.74) is 0.126. The molecular formula is C14H29NO.